The number of phenolic OH excluding ortho intramolecular Hbond substituents is 1. The van der Waals surface area contributed by atoms with Crippen LogP contribution in [0, 0.1) is 0 Å². The lowest BCUT2D eigenvalue weighted by Gasteiger charge is -2.37. The number of thiophene rings is 1. The molecule has 29 heavy (non-hydrogen) atoms. The Hall–Kier alpha value is -2.07. The Morgan fingerprint density at radius 3 is 2.48 bits per heavy atom. The van der Waals surface area contributed by atoms with Crippen molar-refractivity contribution >= 4 is 28.5 Å². The van der Waals surface area contributed by atoms with Gasteiger partial charge in [-0.1, -0.05) is 47.5 Å². The monoisotopic (exact) mass is 421 g/mol. The summed E-state index contributed by atoms with van der Waals surface area (Å²) in [6, 6.07) is 19.3. The van der Waals surface area contributed by atoms with Crippen molar-refractivity contribution < 1.29 is 5.11 Å². The Balaban J connectivity index is 1.49. The average molecular weight is 422 g/mol. The molecule has 2 unspecified atom stereocenters. The van der Waals surface area contributed by atoms with Gasteiger partial charge in [-0.15, -0.1) is 0 Å². The predicted molar refractivity (Wildman–Crippen MR) is 121 cm³/mol. The molecule has 3 heterocycles. The minimum Gasteiger partial charge on any atom is -0.508 e. The molecular weight excluding hydrogens is 398 g/mol. The second-order valence-electron chi connectivity index (χ2n) is 8.10. The van der Waals surface area contributed by atoms with Gasteiger partial charge in [0, 0.05) is 23.7 Å². The summed E-state index contributed by atoms with van der Waals surface area (Å²) in [6.07, 6.45) is 4.66. The molecule has 2 saturated heterocycles. The minimum atomic E-state index is 0.329. The molecule has 148 valence electrons. The fourth-order valence-corrected chi connectivity index (χ4v) is 5.88. The highest BCUT2D eigenvalue weighted by Crippen LogP contribution is 2.44. The molecule has 0 aliphatic carbocycles. The SMILES string of the molecule is Oc1cccc(C(=C2CC3CCC(C2)N3Cc2ccccc2Cl)c2ccsc2)c1. The highest BCUT2D eigenvalue weighted by Gasteiger charge is 2.39. The number of benzene rings is 2. The lowest BCUT2D eigenvalue weighted by Crippen LogP contribution is -2.40. The van der Waals surface area contributed by atoms with Crippen LogP contribution in [0.4, 0.5) is 0 Å². The van der Waals surface area contributed by atoms with Crippen molar-refractivity contribution in [2.45, 2.75) is 44.3 Å². The van der Waals surface area contributed by atoms with Gasteiger partial charge in [-0.05, 0) is 83.0 Å². The van der Waals surface area contributed by atoms with Crippen molar-refractivity contribution in [1.82, 2.24) is 4.90 Å². The summed E-state index contributed by atoms with van der Waals surface area (Å²) < 4.78 is 0. The molecule has 4 heteroatoms. The van der Waals surface area contributed by atoms with E-state index in [2.05, 4.69) is 39.9 Å². The Kier molecular flexibility index (Phi) is 5.21. The lowest BCUT2D eigenvalue weighted by molar-refractivity contribution is 0.158. The van der Waals surface area contributed by atoms with E-state index in [9.17, 15) is 5.11 Å². The maximum atomic E-state index is 10.1. The molecule has 0 amide bonds. The van der Waals surface area contributed by atoms with E-state index in [0.29, 0.717) is 17.8 Å². The highest BCUT2D eigenvalue weighted by atomic mass is 35.5. The predicted octanol–water partition coefficient (Wildman–Crippen LogP) is 6.74. The largest absolute Gasteiger partial charge is 0.508 e. The topological polar surface area (TPSA) is 23.5 Å². The first-order chi connectivity index (χ1) is 14.2. The number of hydrogen-bond donors (Lipinski definition) is 1. The Morgan fingerprint density at radius 1 is 1.00 bits per heavy atom. The van der Waals surface area contributed by atoms with Crippen LogP contribution in [-0.2, 0) is 6.54 Å². The van der Waals surface area contributed by atoms with Crippen molar-refractivity contribution in [3.05, 3.63) is 92.6 Å². The van der Waals surface area contributed by atoms with Crippen LogP contribution < -0.4 is 0 Å². The normalized spacial score (nSPS) is 21.5. The summed E-state index contributed by atoms with van der Waals surface area (Å²) in [4.78, 5) is 2.67. The Bertz CT molecular complexity index is 1030. The highest BCUT2D eigenvalue weighted by molar-refractivity contribution is 7.08. The van der Waals surface area contributed by atoms with Crippen molar-refractivity contribution in [1.29, 1.82) is 0 Å². The zero-order valence-corrected chi connectivity index (χ0v) is 17.8. The van der Waals surface area contributed by atoms with Crippen LogP contribution in [0.5, 0.6) is 5.75 Å². The van der Waals surface area contributed by atoms with E-state index in [4.69, 9.17) is 11.6 Å². The van der Waals surface area contributed by atoms with Gasteiger partial charge in [-0.2, -0.15) is 11.3 Å². The second kappa shape index (κ2) is 7.98. The molecule has 2 bridgehead atoms. The van der Waals surface area contributed by atoms with E-state index in [1.165, 1.54) is 35.1 Å². The third-order valence-electron chi connectivity index (χ3n) is 6.34. The fraction of sp³-hybridized carbons (Fsp3) is 0.280. The van der Waals surface area contributed by atoms with Crippen LogP contribution in [0.25, 0.3) is 5.57 Å². The molecule has 2 aliphatic rings. The number of aromatic hydroxyl groups is 1. The third kappa shape index (κ3) is 3.75. The molecule has 2 aromatic carbocycles. The zero-order valence-electron chi connectivity index (χ0n) is 16.2. The molecule has 2 nitrogen and oxygen atoms in total. The smallest absolute Gasteiger partial charge is 0.116 e. The van der Waals surface area contributed by atoms with Crippen molar-refractivity contribution in [2.24, 2.45) is 0 Å². The van der Waals surface area contributed by atoms with Crippen LogP contribution in [0.3, 0.4) is 0 Å². The number of nitrogens with zero attached hydrogens (tertiary/aromatic N) is 1. The van der Waals surface area contributed by atoms with E-state index < -0.39 is 0 Å². The van der Waals surface area contributed by atoms with Gasteiger partial charge in [-0.3, -0.25) is 4.90 Å². The van der Waals surface area contributed by atoms with Crippen LogP contribution in [0.15, 0.2) is 70.9 Å². The Labute approximate surface area is 181 Å². The molecule has 1 aromatic heterocycles. The van der Waals surface area contributed by atoms with Crippen molar-refractivity contribution in [3.8, 4) is 5.75 Å². The molecule has 3 aromatic rings. The molecule has 0 spiro atoms. The summed E-state index contributed by atoms with van der Waals surface area (Å²) in [5, 5.41) is 15.3. The molecular formula is C25H24ClNOS. The first-order valence-corrected chi connectivity index (χ1v) is 11.5. The number of phenols is 1. The van der Waals surface area contributed by atoms with Crippen LogP contribution in [0.1, 0.15) is 42.4 Å². The molecule has 2 aliphatic heterocycles. The van der Waals surface area contributed by atoms with E-state index in [1.54, 1.807) is 17.4 Å². The van der Waals surface area contributed by atoms with E-state index in [-0.39, 0.29) is 0 Å². The van der Waals surface area contributed by atoms with Gasteiger partial charge in [0.2, 0.25) is 0 Å². The first kappa shape index (κ1) is 18.9. The van der Waals surface area contributed by atoms with Gasteiger partial charge in [0.25, 0.3) is 0 Å². The fourth-order valence-electron chi connectivity index (χ4n) is 5.03. The lowest BCUT2D eigenvalue weighted by atomic mass is 9.86. The maximum Gasteiger partial charge on any atom is 0.116 e. The van der Waals surface area contributed by atoms with Crippen LogP contribution in [0.2, 0.25) is 5.02 Å². The van der Waals surface area contributed by atoms with Gasteiger partial charge in [0.1, 0.15) is 5.75 Å². The van der Waals surface area contributed by atoms with Gasteiger partial charge in [0.15, 0.2) is 0 Å². The third-order valence-corrected chi connectivity index (χ3v) is 7.40. The molecule has 2 atom stereocenters. The maximum absolute atomic E-state index is 10.1. The molecule has 2 fully saturated rings. The summed E-state index contributed by atoms with van der Waals surface area (Å²) in [5.74, 6) is 0.329. The second-order valence-corrected chi connectivity index (χ2v) is 9.29. The minimum absolute atomic E-state index is 0.329. The van der Waals surface area contributed by atoms with Gasteiger partial charge < -0.3 is 5.11 Å². The number of fused-ring (bicyclic) bond motifs is 2. The quantitative estimate of drug-likeness (QED) is 0.504. The van der Waals surface area contributed by atoms with Gasteiger partial charge >= 0.3 is 0 Å². The van der Waals surface area contributed by atoms with E-state index in [0.717, 1.165) is 30.0 Å². The summed E-state index contributed by atoms with van der Waals surface area (Å²) in [7, 11) is 0. The van der Waals surface area contributed by atoms with Crippen molar-refractivity contribution in [3.63, 3.8) is 0 Å². The van der Waals surface area contributed by atoms with Crippen LogP contribution in [-0.4, -0.2) is 22.1 Å². The average Bonchev–Trinajstić information content (AvgIpc) is 3.30. The number of hydrogen-bond acceptors (Lipinski definition) is 3. The molecule has 1 N–H and O–H groups in total. The van der Waals surface area contributed by atoms with Crippen LogP contribution >= 0.6 is 22.9 Å². The number of rotatable bonds is 4. The standard InChI is InChI=1S/C25H24ClNOS/c26-24-7-2-1-4-18(24)15-27-21-8-9-22(27)13-20(12-21)25(19-10-11-29-16-19)17-5-3-6-23(28)14-17/h1-7,10-11,14,16,21-22,28H,8-9,12-13,15H2. The summed E-state index contributed by atoms with van der Waals surface area (Å²) in [5.41, 5.74) is 6.46. The van der Waals surface area contributed by atoms with E-state index >= 15 is 0 Å². The summed E-state index contributed by atoms with van der Waals surface area (Å²) >= 11 is 8.17. The Morgan fingerprint density at radius 2 is 1.79 bits per heavy atom. The molecule has 0 radical (unpaired) electrons. The van der Waals surface area contributed by atoms with E-state index in [1.807, 2.05) is 24.3 Å². The molecule has 0 saturated carbocycles. The first-order valence-electron chi connectivity index (χ1n) is 10.2. The van der Waals surface area contributed by atoms with Gasteiger partial charge in [0.05, 0.1) is 0 Å². The zero-order chi connectivity index (χ0) is 19.8. The number of piperidine rings is 1. The molecule has 5 rings (SSSR count). The summed E-state index contributed by atoms with van der Waals surface area (Å²) in [6.45, 7) is 0.933. The number of halogens is 1. The van der Waals surface area contributed by atoms with Crippen molar-refractivity contribution in [2.75, 3.05) is 0 Å². The van der Waals surface area contributed by atoms with Gasteiger partial charge in [-0.25, -0.2) is 0 Å².